The summed E-state index contributed by atoms with van der Waals surface area (Å²) in [6.45, 7) is 1.96. The molecule has 1 aliphatic heterocycles. The van der Waals surface area contributed by atoms with Gasteiger partial charge < -0.3 is 10.4 Å². The molecule has 0 bridgehead atoms. The van der Waals surface area contributed by atoms with Gasteiger partial charge in [0, 0.05) is 12.2 Å². The maximum Gasteiger partial charge on any atom is 0.339 e. The number of rotatable bonds is 4. The highest BCUT2D eigenvalue weighted by Crippen LogP contribution is 2.21. The Kier molecular flexibility index (Phi) is 3.75. The summed E-state index contributed by atoms with van der Waals surface area (Å²) in [7, 11) is -3.04. The molecule has 1 saturated heterocycles. The third-order valence-corrected chi connectivity index (χ3v) is 5.50. The second-order valence-corrected chi connectivity index (χ2v) is 7.07. The SMILES string of the molecule is Cc1ccc(C(=O)O)c(NCC2CCCS2(=O)=O)n1. The highest BCUT2D eigenvalue weighted by atomic mass is 32.2. The first-order valence-electron chi connectivity index (χ1n) is 6.06. The molecule has 1 aliphatic rings. The van der Waals surface area contributed by atoms with Gasteiger partial charge in [0.1, 0.15) is 11.4 Å². The van der Waals surface area contributed by atoms with Crippen LogP contribution in [0, 0.1) is 6.92 Å². The maximum atomic E-state index is 11.7. The number of pyridine rings is 1. The Labute approximate surface area is 111 Å². The predicted molar refractivity (Wildman–Crippen MR) is 71.2 cm³/mol. The Balaban J connectivity index is 2.15. The molecule has 0 saturated carbocycles. The average molecular weight is 284 g/mol. The van der Waals surface area contributed by atoms with Crippen LogP contribution < -0.4 is 5.32 Å². The molecular formula is C12H16N2O4S. The van der Waals surface area contributed by atoms with E-state index in [1.165, 1.54) is 6.07 Å². The third-order valence-electron chi connectivity index (χ3n) is 3.22. The molecule has 1 fully saturated rings. The molecule has 7 heteroatoms. The van der Waals surface area contributed by atoms with Crippen LogP contribution in [0.1, 0.15) is 28.9 Å². The van der Waals surface area contributed by atoms with Crippen molar-refractivity contribution < 1.29 is 18.3 Å². The quantitative estimate of drug-likeness (QED) is 0.858. The summed E-state index contributed by atoms with van der Waals surface area (Å²) in [5.41, 5.74) is 0.739. The van der Waals surface area contributed by atoms with Crippen molar-refractivity contribution in [3.63, 3.8) is 0 Å². The van der Waals surface area contributed by atoms with E-state index in [0.29, 0.717) is 18.5 Å². The molecule has 0 aliphatic carbocycles. The van der Waals surface area contributed by atoms with Gasteiger partial charge in [0.05, 0.1) is 11.0 Å². The number of hydrogen-bond acceptors (Lipinski definition) is 5. The van der Waals surface area contributed by atoms with Gasteiger partial charge in [0.25, 0.3) is 0 Å². The van der Waals surface area contributed by atoms with E-state index in [1.54, 1.807) is 13.0 Å². The summed E-state index contributed by atoms with van der Waals surface area (Å²) in [5.74, 6) is -0.634. The molecule has 2 rings (SSSR count). The monoisotopic (exact) mass is 284 g/mol. The second-order valence-electron chi connectivity index (χ2n) is 4.67. The largest absolute Gasteiger partial charge is 0.478 e. The summed E-state index contributed by atoms with van der Waals surface area (Å²) >= 11 is 0. The lowest BCUT2D eigenvalue weighted by molar-refractivity contribution is 0.0697. The summed E-state index contributed by atoms with van der Waals surface area (Å²) in [4.78, 5) is 15.2. The number of hydrogen-bond donors (Lipinski definition) is 2. The van der Waals surface area contributed by atoms with Crippen LogP contribution in [0.2, 0.25) is 0 Å². The molecule has 0 radical (unpaired) electrons. The third kappa shape index (κ3) is 3.04. The highest BCUT2D eigenvalue weighted by molar-refractivity contribution is 7.92. The number of aryl methyl sites for hydroxylation is 1. The Morgan fingerprint density at radius 3 is 2.84 bits per heavy atom. The van der Waals surface area contributed by atoms with E-state index in [4.69, 9.17) is 5.11 Å². The topological polar surface area (TPSA) is 96.4 Å². The molecule has 1 unspecified atom stereocenters. The Morgan fingerprint density at radius 2 is 2.26 bits per heavy atom. The van der Waals surface area contributed by atoms with Crippen LogP contribution >= 0.6 is 0 Å². The van der Waals surface area contributed by atoms with Crippen LogP contribution in [0.5, 0.6) is 0 Å². The van der Waals surface area contributed by atoms with Gasteiger partial charge in [-0.25, -0.2) is 18.2 Å². The van der Waals surface area contributed by atoms with E-state index < -0.39 is 21.1 Å². The van der Waals surface area contributed by atoms with Crippen molar-refractivity contribution in [1.29, 1.82) is 0 Å². The van der Waals surface area contributed by atoms with Crippen LogP contribution in [-0.2, 0) is 9.84 Å². The maximum absolute atomic E-state index is 11.7. The minimum absolute atomic E-state index is 0.0565. The van der Waals surface area contributed by atoms with Crippen molar-refractivity contribution in [2.45, 2.75) is 25.0 Å². The number of aromatic nitrogens is 1. The van der Waals surface area contributed by atoms with Gasteiger partial charge in [0.2, 0.25) is 0 Å². The van der Waals surface area contributed by atoms with Crippen LogP contribution in [-0.4, -0.2) is 42.0 Å². The Morgan fingerprint density at radius 1 is 1.53 bits per heavy atom. The molecule has 0 spiro atoms. The number of sulfone groups is 1. The number of carboxylic acids is 1. The molecule has 0 aromatic carbocycles. The summed E-state index contributed by atoms with van der Waals surface area (Å²) in [6, 6.07) is 3.08. The van der Waals surface area contributed by atoms with Crippen molar-refractivity contribution >= 4 is 21.6 Å². The van der Waals surface area contributed by atoms with Crippen molar-refractivity contribution in [1.82, 2.24) is 4.98 Å². The van der Waals surface area contributed by atoms with Crippen LogP contribution in [0.15, 0.2) is 12.1 Å². The van der Waals surface area contributed by atoms with Gasteiger partial charge in [-0.05, 0) is 31.9 Å². The molecule has 2 heterocycles. The second kappa shape index (κ2) is 5.16. The van der Waals surface area contributed by atoms with E-state index in [-0.39, 0.29) is 23.7 Å². The van der Waals surface area contributed by atoms with Crippen molar-refractivity contribution in [3.05, 3.63) is 23.4 Å². The average Bonchev–Trinajstić information content (AvgIpc) is 2.65. The van der Waals surface area contributed by atoms with E-state index in [0.717, 1.165) is 0 Å². The molecule has 1 aromatic rings. The number of nitrogens with one attached hydrogen (secondary N) is 1. The lowest BCUT2D eigenvalue weighted by atomic mass is 10.2. The zero-order valence-electron chi connectivity index (χ0n) is 10.6. The zero-order valence-corrected chi connectivity index (χ0v) is 11.4. The van der Waals surface area contributed by atoms with E-state index in [2.05, 4.69) is 10.3 Å². The Hall–Kier alpha value is -1.63. The number of anilines is 1. The van der Waals surface area contributed by atoms with E-state index in [1.807, 2.05) is 0 Å². The highest BCUT2D eigenvalue weighted by Gasteiger charge is 2.31. The summed E-state index contributed by atoms with van der Waals surface area (Å²) in [6.07, 6.45) is 1.28. The van der Waals surface area contributed by atoms with E-state index >= 15 is 0 Å². The van der Waals surface area contributed by atoms with Gasteiger partial charge in [-0.1, -0.05) is 0 Å². The first-order chi connectivity index (χ1) is 8.90. The van der Waals surface area contributed by atoms with Crippen molar-refractivity contribution in [2.75, 3.05) is 17.6 Å². The first kappa shape index (κ1) is 13.8. The molecule has 2 N–H and O–H groups in total. The predicted octanol–water partition coefficient (Wildman–Crippen LogP) is 1.08. The van der Waals surface area contributed by atoms with Crippen molar-refractivity contribution in [2.24, 2.45) is 0 Å². The number of aromatic carboxylic acids is 1. The van der Waals surface area contributed by atoms with Crippen LogP contribution in [0.4, 0.5) is 5.82 Å². The van der Waals surface area contributed by atoms with Crippen molar-refractivity contribution in [3.8, 4) is 0 Å². The van der Waals surface area contributed by atoms with Crippen LogP contribution in [0.3, 0.4) is 0 Å². The lowest BCUT2D eigenvalue weighted by Gasteiger charge is -2.13. The number of nitrogens with zero attached hydrogens (tertiary/aromatic N) is 1. The molecule has 0 amide bonds. The molecular weight excluding hydrogens is 268 g/mol. The molecule has 1 atom stereocenters. The smallest absolute Gasteiger partial charge is 0.339 e. The van der Waals surface area contributed by atoms with Crippen LogP contribution in [0.25, 0.3) is 0 Å². The summed E-state index contributed by atoms with van der Waals surface area (Å²) in [5, 5.41) is 11.5. The minimum atomic E-state index is -3.04. The number of carboxylic acid groups (broad SMARTS) is 1. The van der Waals surface area contributed by atoms with Gasteiger partial charge in [-0.2, -0.15) is 0 Å². The molecule has 6 nitrogen and oxygen atoms in total. The summed E-state index contributed by atoms with van der Waals surface area (Å²) < 4.78 is 23.4. The van der Waals surface area contributed by atoms with Gasteiger partial charge in [-0.15, -0.1) is 0 Å². The molecule has 104 valence electrons. The first-order valence-corrected chi connectivity index (χ1v) is 7.78. The van der Waals surface area contributed by atoms with Gasteiger partial charge in [0.15, 0.2) is 9.84 Å². The van der Waals surface area contributed by atoms with Gasteiger partial charge in [-0.3, -0.25) is 0 Å². The standard InChI is InChI=1S/C12H16N2O4S/c1-8-4-5-10(12(15)16)11(14-8)13-7-9-3-2-6-19(9,17)18/h4-5,9H,2-3,6-7H2,1H3,(H,13,14)(H,15,16). The van der Waals surface area contributed by atoms with Gasteiger partial charge >= 0.3 is 5.97 Å². The molecule has 19 heavy (non-hydrogen) atoms. The lowest BCUT2D eigenvalue weighted by Crippen LogP contribution is -2.26. The fourth-order valence-electron chi connectivity index (χ4n) is 2.16. The normalized spacial score (nSPS) is 21.2. The molecule has 1 aromatic heterocycles. The fourth-order valence-corrected chi connectivity index (χ4v) is 3.93. The van der Waals surface area contributed by atoms with E-state index in [9.17, 15) is 13.2 Å². The zero-order chi connectivity index (χ0) is 14.0. The number of carbonyl (C=O) groups is 1. The fraction of sp³-hybridized carbons (Fsp3) is 0.500. The minimum Gasteiger partial charge on any atom is -0.478 e. The Bertz CT molecular complexity index is 598.